The van der Waals surface area contributed by atoms with E-state index in [1.807, 2.05) is 0 Å². The first-order valence-corrected chi connectivity index (χ1v) is 5.92. The minimum atomic E-state index is -4.30. The Labute approximate surface area is 102 Å². The molecule has 1 saturated carbocycles. The molecular formula is C12H11ClF3N. The van der Waals surface area contributed by atoms with Crippen molar-refractivity contribution in [1.82, 2.24) is 0 Å². The molecule has 1 spiro atoms. The van der Waals surface area contributed by atoms with Crippen molar-refractivity contribution in [1.29, 1.82) is 0 Å². The summed E-state index contributed by atoms with van der Waals surface area (Å²) in [7, 11) is 0. The Morgan fingerprint density at radius 2 is 1.94 bits per heavy atom. The Bertz CT molecular complexity index is 477. The first-order chi connectivity index (χ1) is 7.91. The van der Waals surface area contributed by atoms with Gasteiger partial charge in [-0.2, -0.15) is 13.2 Å². The second-order valence-corrected chi connectivity index (χ2v) is 5.38. The molecule has 0 atom stereocenters. The molecular weight excluding hydrogens is 251 g/mol. The second-order valence-electron chi connectivity index (χ2n) is 4.98. The van der Waals surface area contributed by atoms with E-state index in [4.69, 9.17) is 11.6 Å². The lowest BCUT2D eigenvalue weighted by Gasteiger charge is -2.29. The summed E-state index contributed by atoms with van der Waals surface area (Å²) >= 11 is 5.95. The van der Waals surface area contributed by atoms with E-state index in [1.54, 1.807) is 0 Å². The molecule has 5 heteroatoms. The predicted molar refractivity (Wildman–Crippen MR) is 60.3 cm³/mol. The molecule has 1 aromatic carbocycles. The second kappa shape index (κ2) is 3.31. The zero-order chi connectivity index (χ0) is 12.3. The molecule has 17 heavy (non-hydrogen) atoms. The van der Waals surface area contributed by atoms with Crippen LogP contribution >= 0.6 is 11.6 Å². The number of alkyl halides is 3. The van der Waals surface area contributed by atoms with Gasteiger partial charge in [0, 0.05) is 6.54 Å². The molecule has 0 amide bonds. The van der Waals surface area contributed by atoms with Crippen LogP contribution < -0.4 is 5.32 Å². The Morgan fingerprint density at radius 3 is 2.53 bits per heavy atom. The highest BCUT2D eigenvalue weighted by Crippen LogP contribution is 2.54. The van der Waals surface area contributed by atoms with Crippen molar-refractivity contribution < 1.29 is 13.2 Å². The molecule has 1 fully saturated rings. The molecule has 0 aromatic heterocycles. The van der Waals surface area contributed by atoms with Gasteiger partial charge in [-0.05, 0) is 42.4 Å². The monoisotopic (exact) mass is 261 g/mol. The summed E-state index contributed by atoms with van der Waals surface area (Å²) in [5, 5.41) is 3.44. The van der Waals surface area contributed by atoms with Gasteiger partial charge in [0.1, 0.15) is 0 Å². The van der Waals surface area contributed by atoms with E-state index < -0.39 is 11.7 Å². The van der Waals surface area contributed by atoms with Crippen molar-refractivity contribution in [2.45, 2.75) is 25.4 Å². The molecule has 1 N–H and O–H groups in total. The predicted octanol–water partition coefficient (Wildman–Crippen LogP) is 4.11. The molecule has 3 rings (SSSR count). The van der Waals surface area contributed by atoms with Crippen LogP contribution in [0.4, 0.5) is 18.9 Å². The molecule has 2 aliphatic rings. The van der Waals surface area contributed by atoms with Gasteiger partial charge in [-0.25, -0.2) is 0 Å². The highest BCUT2D eigenvalue weighted by atomic mass is 35.5. The van der Waals surface area contributed by atoms with Crippen LogP contribution in [0.15, 0.2) is 12.1 Å². The molecule has 1 aliphatic heterocycles. The number of fused-ring (bicyclic) bond motifs is 1. The maximum Gasteiger partial charge on any atom is 0.416 e. The van der Waals surface area contributed by atoms with Crippen LogP contribution in [0.2, 0.25) is 5.02 Å². The van der Waals surface area contributed by atoms with E-state index in [9.17, 15) is 13.2 Å². The maximum absolute atomic E-state index is 12.9. The molecule has 0 saturated heterocycles. The van der Waals surface area contributed by atoms with Crippen LogP contribution in [0.1, 0.15) is 24.0 Å². The van der Waals surface area contributed by atoms with Crippen molar-refractivity contribution >= 4 is 17.3 Å². The zero-order valence-corrected chi connectivity index (χ0v) is 9.75. The summed E-state index contributed by atoms with van der Waals surface area (Å²) in [5.74, 6) is 0. The molecule has 0 bridgehead atoms. The third kappa shape index (κ3) is 1.79. The third-order valence-electron chi connectivity index (χ3n) is 3.72. The number of rotatable bonds is 0. The fourth-order valence-electron chi connectivity index (χ4n) is 2.50. The minimum Gasteiger partial charge on any atom is -0.383 e. The van der Waals surface area contributed by atoms with Gasteiger partial charge in [0.2, 0.25) is 0 Å². The maximum atomic E-state index is 12.9. The van der Waals surface area contributed by atoms with Gasteiger partial charge >= 0.3 is 6.18 Å². The molecule has 0 radical (unpaired) electrons. The lowest BCUT2D eigenvalue weighted by atomic mass is 9.88. The lowest BCUT2D eigenvalue weighted by Crippen LogP contribution is -2.27. The number of halogens is 4. The van der Waals surface area contributed by atoms with Gasteiger partial charge in [-0.15, -0.1) is 0 Å². The number of anilines is 1. The van der Waals surface area contributed by atoms with Gasteiger partial charge in [-0.3, -0.25) is 0 Å². The minimum absolute atomic E-state index is 0.0533. The highest BCUT2D eigenvalue weighted by Gasteiger charge is 2.47. The van der Waals surface area contributed by atoms with Crippen molar-refractivity contribution in [3.63, 3.8) is 0 Å². The summed E-state index contributed by atoms with van der Waals surface area (Å²) in [4.78, 5) is 0. The Kier molecular flexibility index (Phi) is 2.18. The average molecular weight is 262 g/mol. The topological polar surface area (TPSA) is 12.0 Å². The number of nitrogens with one attached hydrogen (secondary N) is 1. The van der Waals surface area contributed by atoms with Crippen molar-refractivity contribution in [3.8, 4) is 0 Å². The molecule has 92 valence electrons. The van der Waals surface area contributed by atoms with Crippen LogP contribution in [0.5, 0.6) is 0 Å². The average Bonchev–Trinajstić information content (AvgIpc) is 2.96. The van der Waals surface area contributed by atoms with Crippen LogP contribution in [0.3, 0.4) is 0 Å². The van der Waals surface area contributed by atoms with Gasteiger partial charge in [-0.1, -0.05) is 11.6 Å². The number of hydrogen-bond acceptors (Lipinski definition) is 1. The van der Waals surface area contributed by atoms with Gasteiger partial charge in [0.25, 0.3) is 0 Å². The van der Waals surface area contributed by atoms with E-state index in [-0.39, 0.29) is 5.41 Å². The van der Waals surface area contributed by atoms with Crippen molar-refractivity contribution in [2.24, 2.45) is 5.41 Å². The van der Waals surface area contributed by atoms with E-state index in [0.717, 1.165) is 25.5 Å². The molecule has 1 aliphatic carbocycles. The van der Waals surface area contributed by atoms with Crippen LogP contribution in [0.25, 0.3) is 0 Å². The van der Waals surface area contributed by atoms with Gasteiger partial charge in [0.05, 0.1) is 16.3 Å². The molecule has 1 aromatic rings. The molecule has 1 heterocycles. The summed E-state index contributed by atoms with van der Waals surface area (Å²) in [6, 6.07) is 2.41. The van der Waals surface area contributed by atoms with E-state index in [2.05, 4.69) is 5.32 Å². The molecule has 1 nitrogen and oxygen atoms in total. The van der Waals surface area contributed by atoms with E-state index in [0.29, 0.717) is 22.7 Å². The summed E-state index contributed by atoms with van der Waals surface area (Å²) in [5.41, 5.74) is 0.320. The summed E-state index contributed by atoms with van der Waals surface area (Å²) < 4.78 is 38.7. The number of hydrogen-bond donors (Lipinski definition) is 1. The first kappa shape index (κ1) is 11.2. The van der Waals surface area contributed by atoms with Crippen molar-refractivity contribution in [2.75, 3.05) is 11.9 Å². The highest BCUT2D eigenvalue weighted by molar-refractivity contribution is 6.33. The third-order valence-corrected chi connectivity index (χ3v) is 4.03. The quantitative estimate of drug-likeness (QED) is 0.741. The molecule has 0 unspecified atom stereocenters. The first-order valence-electron chi connectivity index (χ1n) is 5.54. The Morgan fingerprint density at radius 1 is 1.24 bits per heavy atom. The SMILES string of the molecule is FC(F)(F)c1ccc(Cl)c2c1CC1(CC1)CN2. The van der Waals surface area contributed by atoms with E-state index >= 15 is 0 Å². The van der Waals surface area contributed by atoms with Crippen molar-refractivity contribution in [3.05, 3.63) is 28.3 Å². The standard InChI is InChI=1S/C12H11ClF3N/c13-9-2-1-8(12(14,15)16)7-5-11(3-4-11)6-17-10(7)9/h1-2,17H,3-6H2. The largest absolute Gasteiger partial charge is 0.416 e. The van der Waals surface area contributed by atoms with E-state index in [1.165, 1.54) is 6.07 Å². The smallest absolute Gasteiger partial charge is 0.383 e. The lowest BCUT2D eigenvalue weighted by molar-refractivity contribution is -0.138. The van der Waals surface area contributed by atoms with Gasteiger partial charge in [0.15, 0.2) is 0 Å². The zero-order valence-electron chi connectivity index (χ0n) is 8.99. The Balaban J connectivity index is 2.13. The fraction of sp³-hybridized carbons (Fsp3) is 0.500. The Hall–Kier alpha value is -0.900. The summed E-state index contributed by atoms with van der Waals surface area (Å²) in [6.45, 7) is 0.737. The van der Waals surface area contributed by atoms with Gasteiger partial charge < -0.3 is 5.32 Å². The van der Waals surface area contributed by atoms with Crippen LogP contribution in [-0.2, 0) is 12.6 Å². The normalized spacial score (nSPS) is 20.9. The number of benzene rings is 1. The van der Waals surface area contributed by atoms with Crippen LogP contribution in [0, 0.1) is 5.41 Å². The fourth-order valence-corrected chi connectivity index (χ4v) is 2.75. The summed E-state index contributed by atoms with van der Waals surface area (Å²) in [6.07, 6.45) is -1.80. The van der Waals surface area contributed by atoms with Crippen LogP contribution in [-0.4, -0.2) is 6.54 Å².